The normalized spacial score (nSPS) is 11.2. The average molecular weight is 253 g/mol. The molecule has 0 fully saturated rings. The van der Waals surface area contributed by atoms with Gasteiger partial charge in [-0.05, 0) is 19.1 Å². The Morgan fingerprint density at radius 3 is 2.50 bits per heavy atom. The largest absolute Gasteiger partial charge is 0.496 e. The molecule has 6 nitrogen and oxygen atoms in total. The molecule has 100 valence electrons. The molecule has 1 aromatic rings. The summed E-state index contributed by atoms with van der Waals surface area (Å²) in [6.07, 6.45) is 0. The summed E-state index contributed by atoms with van der Waals surface area (Å²) in [4.78, 5) is 5.10. The highest BCUT2D eigenvalue weighted by Crippen LogP contribution is 2.32. The summed E-state index contributed by atoms with van der Waals surface area (Å²) in [6.45, 7) is 2.23. The van der Waals surface area contributed by atoms with Gasteiger partial charge in [0.25, 0.3) is 0 Å². The van der Waals surface area contributed by atoms with E-state index in [1.165, 1.54) is 0 Å². The molecule has 4 N–H and O–H groups in total. The Kier molecular flexibility index (Phi) is 5.26. The zero-order valence-corrected chi connectivity index (χ0v) is 10.9. The molecule has 0 aromatic heterocycles. The molecule has 1 rings (SSSR count). The highest BCUT2D eigenvalue weighted by Gasteiger charge is 2.13. The number of amidine groups is 1. The van der Waals surface area contributed by atoms with Gasteiger partial charge >= 0.3 is 0 Å². The number of rotatable bonds is 6. The zero-order chi connectivity index (χ0) is 13.5. The van der Waals surface area contributed by atoms with Crippen LogP contribution < -0.4 is 20.9 Å². The van der Waals surface area contributed by atoms with E-state index in [-0.39, 0.29) is 6.61 Å². The SMILES string of the molecule is COc1ccc(CO/N=C(/C)N)c(OC)c1CN. The molecule has 0 saturated heterocycles. The van der Waals surface area contributed by atoms with Crippen molar-refractivity contribution < 1.29 is 14.3 Å². The molecule has 0 radical (unpaired) electrons. The maximum atomic E-state index is 5.70. The van der Waals surface area contributed by atoms with Crippen LogP contribution in [0.15, 0.2) is 17.3 Å². The third-order valence-electron chi connectivity index (χ3n) is 2.36. The van der Waals surface area contributed by atoms with Crippen LogP contribution in [0.2, 0.25) is 0 Å². The minimum atomic E-state index is 0.259. The van der Waals surface area contributed by atoms with Crippen molar-refractivity contribution in [2.24, 2.45) is 16.6 Å². The van der Waals surface area contributed by atoms with Crippen molar-refractivity contribution in [3.05, 3.63) is 23.3 Å². The van der Waals surface area contributed by atoms with E-state index in [1.54, 1.807) is 21.1 Å². The number of hydrogen-bond acceptors (Lipinski definition) is 5. The van der Waals surface area contributed by atoms with Gasteiger partial charge in [0.2, 0.25) is 0 Å². The maximum Gasteiger partial charge on any atom is 0.145 e. The maximum absolute atomic E-state index is 5.70. The lowest BCUT2D eigenvalue weighted by Crippen LogP contribution is -2.07. The summed E-state index contributed by atoms with van der Waals surface area (Å²) in [5.41, 5.74) is 12.7. The average Bonchev–Trinajstić information content (AvgIpc) is 2.37. The van der Waals surface area contributed by atoms with E-state index in [1.807, 2.05) is 12.1 Å². The molecular formula is C12H19N3O3. The highest BCUT2D eigenvalue weighted by atomic mass is 16.6. The number of methoxy groups -OCH3 is 2. The van der Waals surface area contributed by atoms with Crippen LogP contribution in [0, 0.1) is 0 Å². The van der Waals surface area contributed by atoms with Crippen LogP contribution in [0.25, 0.3) is 0 Å². The second-order valence-corrected chi connectivity index (χ2v) is 3.65. The van der Waals surface area contributed by atoms with Crippen LogP contribution in [0.4, 0.5) is 0 Å². The van der Waals surface area contributed by atoms with Crippen molar-refractivity contribution in [1.82, 2.24) is 0 Å². The van der Waals surface area contributed by atoms with Gasteiger partial charge in [-0.1, -0.05) is 5.16 Å². The number of benzene rings is 1. The van der Waals surface area contributed by atoms with Crippen LogP contribution in [0.5, 0.6) is 11.5 Å². The molecular weight excluding hydrogens is 234 g/mol. The van der Waals surface area contributed by atoms with Crippen molar-refractivity contribution in [1.29, 1.82) is 0 Å². The number of hydrogen-bond donors (Lipinski definition) is 2. The first kappa shape index (κ1) is 14.1. The van der Waals surface area contributed by atoms with Gasteiger partial charge in [0.15, 0.2) is 0 Å². The van der Waals surface area contributed by atoms with E-state index >= 15 is 0 Å². The van der Waals surface area contributed by atoms with E-state index in [2.05, 4.69) is 5.16 Å². The molecule has 0 unspecified atom stereocenters. The number of nitrogens with zero attached hydrogens (tertiary/aromatic N) is 1. The van der Waals surface area contributed by atoms with E-state index in [4.69, 9.17) is 25.8 Å². The van der Waals surface area contributed by atoms with E-state index in [0.29, 0.717) is 23.9 Å². The monoisotopic (exact) mass is 253 g/mol. The molecule has 0 saturated carbocycles. The summed E-state index contributed by atoms with van der Waals surface area (Å²) in [7, 11) is 3.17. The molecule has 1 aromatic carbocycles. The standard InChI is InChI=1S/C12H19N3O3/c1-8(14)15-18-7-9-4-5-11(16-2)10(6-13)12(9)17-3/h4-5H,6-7,13H2,1-3H3,(H2,14,15). The van der Waals surface area contributed by atoms with Crippen LogP contribution in [-0.4, -0.2) is 20.1 Å². The van der Waals surface area contributed by atoms with Gasteiger partial charge in [0, 0.05) is 12.1 Å². The Morgan fingerprint density at radius 1 is 1.28 bits per heavy atom. The van der Waals surface area contributed by atoms with Gasteiger partial charge in [-0.3, -0.25) is 0 Å². The van der Waals surface area contributed by atoms with Gasteiger partial charge < -0.3 is 25.8 Å². The smallest absolute Gasteiger partial charge is 0.145 e. The van der Waals surface area contributed by atoms with E-state index < -0.39 is 0 Å². The first-order valence-corrected chi connectivity index (χ1v) is 5.48. The van der Waals surface area contributed by atoms with Crippen molar-refractivity contribution in [3.8, 4) is 11.5 Å². The van der Waals surface area contributed by atoms with Crippen LogP contribution in [0.1, 0.15) is 18.1 Å². The summed E-state index contributed by atoms with van der Waals surface area (Å²) >= 11 is 0. The first-order chi connectivity index (χ1) is 8.63. The number of oxime groups is 1. The van der Waals surface area contributed by atoms with Crippen molar-refractivity contribution in [2.75, 3.05) is 14.2 Å². The quantitative estimate of drug-likeness (QED) is 0.448. The molecule has 0 spiro atoms. The Morgan fingerprint density at radius 2 is 2.00 bits per heavy atom. The van der Waals surface area contributed by atoms with Crippen molar-refractivity contribution >= 4 is 5.84 Å². The summed E-state index contributed by atoms with van der Waals surface area (Å²) in [6, 6.07) is 3.67. The zero-order valence-electron chi connectivity index (χ0n) is 10.9. The Labute approximate surface area is 106 Å². The molecule has 0 amide bonds. The minimum absolute atomic E-state index is 0.259. The molecule has 0 heterocycles. The van der Waals surface area contributed by atoms with Gasteiger partial charge in [-0.15, -0.1) is 0 Å². The molecule has 0 atom stereocenters. The molecule has 6 heteroatoms. The van der Waals surface area contributed by atoms with Gasteiger partial charge in [-0.2, -0.15) is 0 Å². The second kappa shape index (κ2) is 6.70. The van der Waals surface area contributed by atoms with Gasteiger partial charge in [0.1, 0.15) is 23.9 Å². The summed E-state index contributed by atoms with van der Waals surface area (Å²) < 4.78 is 10.6. The molecule has 0 aliphatic rings. The third-order valence-corrected chi connectivity index (χ3v) is 2.36. The van der Waals surface area contributed by atoms with Gasteiger partial charge in [0.05, 0.1) is 19.8 Å². The van der Waals surface area contributed by atoms with Gasteiger partial charge in [-0.25, -0.2) is 0 Å². The van der Waals surface area contributed by atoms with Crippen LogP contribution in [-0.2, 0) is 18.0 Å². The second-order valence-electron chi connectivity index (χ2n) is 3.65. The predicted octanol–water partition coefficient (Wildman–Crippen LogP) is 0.971. The fourth-order valence-electron chi connectivity index (χ4n) is 1.61. The molecule has 0 bridgehead atoms. The van der Waals surface area contributed by atoms with Crippen molar-refractivity contribution in [3.63, 3.8) is 0 Å². The molecule has 0 aliphatic heterocycles. The lowest BCUT2D eigenvalue weighted by Gasteiger charge is -2.15. The van der Waals surface area contributed by atoms with E-state index in [9.17, 15) is 0 Å². The van der Waals surface area contributed by atoms with Crippen LogP contribution in [0.3, 0.4) is 0 Å². The lowest BCUT2D eigenvalue weighted by molar-refractivity contribution is 0.127. The van der Waals surface area contributed by atoms with E-state index in [0.717, 1.165) is 11.1 Å². The minimum Gasteiger partial charge on any atom is -0.496 e. The highest BCUT2D eigenvalue weighted by molar-refractivity contribution is 5.76. The fourth-order valence-corrected chi connectivity index (χ4v) is 1.61. The van der Waals surface area contributed by atoms with Crippen molar-refractivity contribution in [2.45, 2.75) is 20.1 Å². The molecule has 18 heavy (non-hydrogen) atoms. The summed E-state index contributed by atoms with van der Waals surface area (Å²) in [5, 5.41) is 3.67. The summed E-state index contributed by atoms with van der Waals surface area (Å²) in [5.74, 6) is 1.71. The lowest BCUT2D eigenvalue weighted by atomic mass is 10.1. The molecule has 0 aliphatic carbocycles. The third kappa shape index (κ3) is 3.27. The Hall–Kier alpha value is -1.95. The first-order valence-electron chi connectivity index (χ1n) is 5.48. The fraction of sp³-hybridized carbons (Fsp3) is 0.417. The topological polar surface area (TPSA) is 92.1 Å². The Balaban J connectivity index is 3.01. The predicted molar refractivity (Wildman–Crippen MR) is 69.5 cm³/mol. The van der Waals surface area contributed by atoms with Crippen LogP contribution >= 0.6 is 0 Å². The number of nitrogens with two attached hydrogens (primary N) is 2. The number of ether oxygens (including phenoxy) is 2. The Bertz CT molecular complexity index is 429.